The fourth-order valence-corrected chi connectivity index (χ4v) is 1.28. The minimum atomic E-state index is -0.793. The van der Waals surface area contributed by atoms with E-state index in [1.165, 1.54) is 0 Å². The van der Waals surface area contributed by atoms with Crippen LogP contribution in [0.4, 0.5) is 0 Å². The third kappa shape index (κ3) is 6.54. The highest BCUT2D eigenvalue weighted by molar-refractivity contribution is 5.67. The summed E-state index contributed by atoms with van der Waals surface area (Å²) in [6.45, 7) is 4.00. The van der Waals surface area contributed by atoms with Crippen molar-refractivity contribution in [3.8, 4) is 0 Å². The van der Waals surface area contributed by atoms with Gasteiger partial charge in [0, 0.05) is 18.7 Å². The molecule has 0 heterocycles. The highest BCUT2D eigenvalue weighted by Gasteiger charge is 2.11. The summed E-state index contributed by atoms with van der Waals surface area (Å²) in [5, 5.41) is 20.4. The lowest BCUT2D eigenvalue weighted by Crippen LogP contribution is -2.37. The van der Waals surface area contributed by atoms with Crippen molar-refractivity contribution in [3.05, 3.63) is 0 Å². The smallest absolute Gasteiger partial charge is 0.304 e. The van der Waals surface area contributed by atoms with Gasteiger partial charge in [-0.05, 0) is 19.8 Å². The molecule has 13 heavy (non-hydrogen) atoms. The fourth-order valence-electron chi connectivity index (χ4n) is 1.28. The lowest BCUT2D eigenvalue weighted by atomic mass is 10.1. The van der Waals surface area contributed by atoms with Crippen molar-refractivity contribution in [1.82, 2.24) is 5.32 Å². The summed E-state index contributed by atoms with van der Waals surface area (Å²) < 4.78 is 0. The molecule has 0 aliphatic heterocycles. The minimum Gasteiger partial charge on any atom is -0.481 e. The number of hydrogen-bond acceptors (Lipinski definition) is 3. The molecule has 0 aromatic carbocycles. The Morgan fingerprint density at radius 3 is 2.54 bits per heavy atom. The van der Waals surface area contributed by atoms with Crippen LogP contribution in [0.2, 0.25) is 0 Å². The second-order valence-electron chi connectivity index (χ2n) is 3.28. The maximum Gasteiger partial charge on any atom is 0.304 e. The number of aliphatic carboxylic acids is 1. The third-order valence-corrected chi connectivity index (χ3v) is 1.97. The zero-order chi connectivity index (χ0) is 10.3. The second-order valence-corrected chi connectivity index (χ2v) is 3.28. The molecule has 3 N–H and O–H groups in total. The van der Waals surface area contributed by atoms with Crippen LogP contribution in [0.3, 0.4) is 0 Å². The molecule has 0 aromatic heterocycles. The van der Waals surface area contributed by atoms with E-state index in [0.29, 0.717) is 6.42 Å². The predicted molar refractivity (Wildman–Crippen MR) is 50.6 cm³/mol. The van der Waals surface area contributed by atoms with Gasteiger partial charge in [0.05, 0.1) is 6.42 Å². The average molecular weight is 189 g/mol. The lowest BCUT2D eigenvalue weighted by Gasteiger charge is -2.20. The molecule has 0 aromatic rings. The SMILES string of the molecule is CCC(CCO)NC(C)CC(=O)O. The van der Waals surface area contributed by atoms with Gasteiger partial charge >= 0.3 is 5.97 Å². The molecule has 0 aliphatic carbocycles. The molecule has 0 radical (unpaired) electrons. The Morgan fingerprint density at radius 2 is 2.15 bits per heavy atom. The molecule has 78 valence electrons. The van der Waals surface area contributed by atoms with Crippen molar-refractivity contribution in [2.75, 3.05) is 6.61 Å². The van der Waals surface area contributed by atoms with Crippen molar-refractivity contribution >= 4 is 5.97 Å². The Hall–Kier alpha value is -0.610. The number of hydrogen-bond donors (Lipinski definition) is 3. The summed E-state index contributed by atoms with van der Waals surface area (Å²) in [5.74, 6) is -0.793. The number of rotatable bonds is 7. The summed E-state index contributed by atoms with van der Waals surface area (Å²) in [7, 11) is 0. The van der Waals surface area contributed by atoms with Crippen molar-refractivity contribution in [2.45, 2.75) is 45.2 Å². The van der Waals surface area contributed by atoms with Crippen molar-refractivity contribution in [1.29, 1.82) is 0 Å². The fraction of sp³-hybridized carbons (Fsp3) is 0.889. The summed E-state index contributed by atoms with van der Waals surface area (Å²) in [5.41, 5.74) is 0. The quantitative estimate of drug-likeness (QED) is 0.548. The molecule has 2 atom stereocenters. The molecule has 2 unspecified atom stereocenters. The molecule has 4 nitrogen and oxygen atoms in total. The number of carboxylic acid groups (broad SMARTS) is 1. The first-order valence-electron chi connectivity index (χ1n) is 4.68. The van der Waals surface area contributed by atoms with Crippen LogP contribution in [-0.4, -0.2) is 34.9 Å². The van der Waals surface area contributed by atoms with Crippen LogP contribution in [0.15, 0.2) is 0 Å². The van der Waals surface area contributed by atoms with Gasteiger partial charge in [0.1, 0.15) is 0 Å². The molecule has 0 spiro atoms. The normalized spacial score (nSPS) is 15.3. The molecular formula is C9H19NO3. The summed E-state index contributed by atoms with van der Waals surface area (Å²) in [4.78, 5) is 10.3. The van der Waals surface area contributed by atoms with Crippen LogP contribution in [0.1, 0.15) is 33.1 Å². The first-order chi connectivity index (χ1) is 6.10. The number of carboxylic acids is 1. The Kier molecular flexibility index (Phi) is 6.54. The number of carbonyl (C=O) groups is 1. The third-order valence-electron chi connectivity index (χ3n) is 1.97. The number of aliphatic hydroxyl groups is 1. The molecular weight excluding hydrogens is 170 g/mol. The van der Waals surface area contributed by atoms with E-state index in [2.05, 4.69) is 5.32 Å². The summed E-state index contributed by atoms with van der Waals surface area (Å²) in [6.07, 6.45) is 1.72. The number of nitrogens with one attached hydrogen (secondary N) is 1. The van der Waals surface area contributed by atoms with E-state index >= 15 is 0 Å². The van der Waals surface area contributed by atoms with Crippen molar-refractivity contribution < 1.29 is 15.0 Å². The first kappa shape index (κ1) is 12.4. The van der Waals surface area contributed by atoms with E-state index in [9.17, 15) is 4.79 Å². The second kappa shape index (κ2) is 6.86. The number of aliphatic hydroxyl groups excluding tert-OH is 1. The van der Waals surface area contributed by atoms with E-state index in [-0.39, 0.29) is 25.1 Å². The van der Waals surface area contributed by atoms with Gasteiger partial charge in [-0.2, -0.15) is 0 Å². The molecule has 0 fully saturated rings. The highest BCUT2D eigenvalue weighted by atomic mass is 16.4. The largest absolute Gasteiger partial charge is 0.481 e. The van der Waals surface area contributed by atoms with E-state index < -0.39 is 5.97 Å². The monoisotopic (exact) mass is 189 g/mol. The summed E-state index contributed by atoms with van der Waals surface area (Å²) >= 11 is 0. The van der Waals surface area contributed by atoms with Crippen LogP contribution >= 0.6 is 0 Å². The minimum absolute atomic E-state index is 0.0333. The van der Waals surface area contributed by atoms with Crippen LogP contribution in [0, 0.1) is 0 Å². The van der Waals surface area contributed by atoms with Crippen LogP contribution < -0.4 is 5.32 Å². The zero-order valence-corrected chi connectivity index (χ0v) is 8.29. The van der Waals surface area contributed by atoms with Crippen molar-refractivity contribution in [3.63, 3.8) is 0 Å². The molecule has 0 aliphatic rings. The van der Waals surface area contributed by atoms with Crippen LogP contribution in [0.25, 0.3) is 0 Å². The first-order valence-corrected chi connectivity index (χ1v) is 4.68. The Balaban J connectivity index is 3.72. The molecule has 0 bridgehead atoms. The summed E-state index contributed by atoms with van der Waals surface area (Å²) in [6, 6.07) is 0.188. The van der Waals surface area contributed by atoms with E-state index in [1.807, 2.05) is 13.8 Å². The highest BCUT2D eigenvalue weighted by Crippen LogP contribution is 2.00. The van der Waals surface area contributed by atoms with Gasteiger partial charge in [-0.1, -0.05) is 6.92 Å². The van der Waals surface area contributed by atoms with Gasteiger partial charge in [-0.25, -0.2) is 0 Å². The predicted octanol–water partition coefficient (Wildman–Crippen LogP) is 0.600. The van der Waals surface area contributed by atoms with E-state index in [4.69, 9.17) is 10.2 Å². The molecule has 0 saturated heterocycles. The maximum atomic E-state index is 10.3. The molecule has 0 amide bonds. The standard InChI is InChI=1S/C9H19NO3/c1-3-8(4-5-11)10-7(2)6-9(12)13/h7-8,10-11H,3-6H2,1-2H3,(H,12,13). The molecule has 4 heteroatoms. The average Bonchev–Trinajstić information content (AvgIpc) is 2.02. The Bertz CT molecular complexity index is 150. The van der Waals surface area contributed by atoms with Crippen LogP contribution in [-0.2, 0) is 4.79 Å². The van der Waals surface area contributed by atoms with Gasteiger partial charge in [-0.3, -0.25) is 4.79 Å². The Labute approximate surface area is 79.0 Å². The molecule has 0 saturated carbocycles. The Morgan fingerprint density at radius 1 is 1.54 bits per heavy atom. The van der Waals surface area contributed by atoms with Crippen LogP contribution in [0.5, 0.6) is 0 Å². The topological polar surface area (TPSA) is 69.6 Å². The van der Waals surface area contributed by atoms with Crippen molar-refractivity contribution in [2.24, 2.45) is 0 Å². The van der Waals surface area contributed by atoms with E-state index in [1.54, 1.807) is 0 Å². The maximum absolute atomic E-state index is 10.3. The van der Waals surface area contributed by atoms with E-state index in [0.717, 1.165) is 6.42 Å². The van der Waals surface area contributed by atoms with Gasteiger partial charge < -0.3 is 15.5 Å². The van der Waals surface area contributed by atoms with Gasteiger partial charge in [-0.15, -0.1) is 0 Å². The zero-order valence-electron chi connectivity index (χ0n) is 8.29. The van der Waals surface area contributed by atoms with Gasteiger partial charge in [0.2, 0.25) is 0 Å². The van der Waals surface area contributed by atoms with Gasteiger partial charge in [0.15, 0.2) is 0 Å². The van der Waals surface area contributed by atoms with Gasteiger partial charge in [0.25, 0.3) is 0 Å². The molecule has 0 rings (SSSR count). The lowest BCUT2D eigenvalue weighted by molar-refractivity contribution is -0.137.